The average Bonchev–Trinajstić information content (AvgIpc) is 3.12. The predicted molar refractivity (Wildman–Crippen MR) is 93.6 cm³/mol. The van der Waals surface area contributed by atoms with Crippen molar-refractivity contribution >= 4 is 22.4 Å². The third kappa shape index (κ3) is 4.30. The van der Waals surface area contributed by atoms with Gasteiger partial charge in [0.1, 0.15) is 5.82 Å². The predicted octanol–water partition coefficient (Wildman–Crippen LogP) is 2.06. The van der Waals surface area contributed by atoms with Crippen molar-refractivity contribution in [3.8, 4) is 0 Å². The van der Waals surface area contributed by atoms with Gasteiger partial charge in [-0.2, -0.15) is 0 Å². The standard InChI is InChI=1S/C17H21FN4OS/c1-20(12-14-2-4-15(18)5-3-14)16(23)13-21-7-9-22(10-8-21)17-19-6-11-24-17/h2-6,11H,7-10,12-13H2,1H3. The third-order valence-electron chi connectivity index (χ3n) is 4.18. The molecule has 0 atom stereocenters. The van der Waals surface area contributed by atoms with Crippen LogP contribution in [0.4, 0.5) is 9.52 Å². The Hall–Kier alpha value is -1.99. The van der Waals surface area contributed by atoms with Crippen LogP contribution in [-0.2, 0) is 11.3 Å². The molecule has 3 rings (SSSR count). The Balaban J connectivity index is 1.46. The van der Waals surface area contributed by atoms with Gasteiger partial charge in [0.25, 0.3) is 0 Å². The van der Waals surface area contributed by atoms with Gasteiger partial charge in [-0.15, -0.1) is 11.3 Å². The third-order valence-corrected chi connectivity index (χ3v) is 5.01. The molecule has 1 aliphatic heterocycles. The molecule has 5 nitrogen and oxygen atoms in total. The molecule has 0 spiro atoms. The van der Waals surface area contributed by atoms with E-state index in [1.54, 1.807) is 35.4 Å². The minimum atomic E-state index is -0.258. The molecule has 1 aromatic heterocycles. The molecule has 1 saturated heterocycles. The van der Waals surface area contributed by atoms with Gasteiger partial charge >= 0.3 is 0 Å². The Morgan fingerprint density at radius 3 is 2.58 bits per heavy atom. The summed E-state index contributed by atoms with van der Waals surface area (Å²) in [7, 11) is 1.79. The summed E-state index contributed by atoms with van der Waals surface area (Å²) in [6.45, 7) is 4.41. The number of halogens is 1. The molecule has 128 valence electrons. The molecule has 24 heavy (non-hydrogen) atoms. The number of carbonyl (C=O) groups excluding carboxylic acids is 1. The van der Waals surface area contributed by atoms with Crippen LogP contribution in [0.3, 0.4) is 0 Å². The molecule has 2 heterocycles. The van der Waals surface area contributed by atoms with Crippen LogP contribution in [0.25, 0.3) is 0 Å². The first-order chi connectivity index (χ1) is 11.6. The van der Waals surface area contributed by atoms with Crippen LogP contribution in [0.15, 0.2) is 35.8 Å². The molecule has 7 heteroatoms. The van der Waals surface area contributed by atoms with Crippen molar-refractivity contribution in [3.05, 3.63) is 47.2 Å². The summed E-state index contributed by atoms with van der Waals surface area (Å²) < 4.78 is 12.9. The summed E-state index contributed by atoms with van der Waals surface area (Å²) in [6, 6.07) is 6.27. The van der Waals surface area contributed by atoms with Crippen molar-refractivity contribution in [1.82, 2.24) is 14.8 Å². The highest BCUT2D eigenvalue weighted by Crippen LogP contribution is 2.18. The summed E-state index contributed by atoms with van der Waals surface area (Å²) in [4.78, 5) is 22.8. The number of hydrogen-bond donors (Lipinski definition) is 0. The molecule has 0 radical (unpaired) electrons. The van der Waals surface area contributed by atoms with E-state index in [0.29, 0.717) is 13.1 Å². The van der Waals surface area contributed by atoms with E-state index < -0.39 is 0 Å². The molecule has 1 amide bonds. The van der Waals surface area contributed by atoms with Crippen molar-refractivity contribution in [2.24, 2.45) is 0 Å². The number of likely N-dealkylation sites (N-methyl/N-ethyl adjacent to an activating group) is 1. The second-order valence-corrected chi connectivity index (χ2v) is 6.83. The summed E-state index contributed by atoms with van der Waals surface area (Å²) in [6.07, 6.45) is 1.82. The zero-order chi connectivity index (χ0) is 16.9. The number of rotatable bonds is 5. The maximum absolute atomic E-state index is 12.9. The topological polar surface area (TPSA) is 39.7 Å². The van der Waals surface area contributed by atoms with Gasteiger partial charge in [-0.1, -0.05) is 12.1 Å². The van der Waals surface area contributed by atoms with Gasteiger partial charge in [-0.05, 0) is 17.7 Å². The summed E-state index contributed by atoms with van der Waals surface area (Å²) in [5, 5.41) is 3.03. The quantitative estimate of drug-likeness (QED) is 0.829. The zero-order valence-electron chi connectivity index (χ0n) is 13.7. The van der Waals surface area contributed by atoms with Crippen LogP contribution in [0.1, 0.15) is 5.56 Å². The molecule has 0 saturated carbocycles. The maximum Gasteiger partial charge on any atom is 0.236 e. The van der Waals surface area contributed by atoms with Gasteiger partial charge in [0.2, 0.25) is 5.91 Å². The minimum absolute atomic E-state index is 0.0852. The smallest absolute Gasteiger partial charge is 0.236 e. The number of nitrogens with zero attached hydrogens (tertiary/aromatic N) is 4. The maximum atomic E-state index is 12.9. The van der Waals surface area contributed by atoms with E-state index in [1.165, 1.54) is 12.1 Å². The number of thiazole rings is 1. The second-order valence-electron chi connectivity index (χ2n) is 5.95. The van der Waals surface area contributed by atoms with E-state index in [0.717, 1.165) is 36.9 Å². The lowest BCUT2D eigenvalue weighted by atomic mass is 10.2. The number of anilines is 1. The number of aromatic nitrogens is 1. The number of benzene rings is 1. The van der Waals surface area contributed by atoms with Crippen molar-refractivity contribution in [3.63, 3.8) is 0 Å². The van der Waals surface area contributed by atoms with Gasteiger partial charge < -0.3 is 9.80 Å². The Labute approximate surface area is 145 Å². The molecule has 0 bridgehead atoms. The largest absolute Gasteiger partial charge is 0.346 e. The van der Waals surface area contributed by atoms with E-state index in [9.17, 15) is 9.18 Å². The van der Waals surface area contributed by atoms with Crippen LogP contribution in [0, 0.1) is 5.82 Å². The highest BCUT2D eigenvalue weighted by atomic mass is 32.1. The van der Waals surface area contributed by atoms with Crippen LogP contribution in [-0.4, -0.2) is 60.5 Å². The second kappa shape index (κ2) is 7.72. The van der Waals surface area contributed by atoms with Crippen molar-refractivity contribution in [1.29, 1.82) is 0 Å². The Kier molecular flexibility index (Phi) is 5.42. The Morgan fingerprint density at radius 2 is 1.96 bits per heavy atom. The number of amides is 1. The minimum Gasteiger partial charge on any atom is -0.346 e. The lowest BCUT2D eigenvalue weighted by Gasteiger charge is -2.34. The van der Waals surface area contributed by atoms with Crippen LogP contribution >= 0.6 is 11.3 Å². The average molecular weight is 348 g/mol. The fourth-order valence-corrected chi connectivity index (χ4v) is 3.43. The Bertz CT molecular complexity index is 654. The van der Waals surface area contributed by atoms with Crippen LogP contribution < -0.4 is 4.90 Å². The number of hydrogen-bond acceptors (Lipinski definition) is 5. The van der Waals surface area contributed by atoms with Crippen molar-refractivity contribution < 1.29 is 9.18 Å². The fourth-order valence-electron chi connectivity index (χ4n) is 2.73. The molecule has 1 fully saturated rings. The highest BCUT2D eigenvalue weighted by Gasteiger charge is 2.21. The zero-order valence-corrected chi connectivity index (χ0v) is 14.5. The van der Waals surface area contributed by atoms with E-state index in [1.807, 2.05) is 11.6 Å². The summed E-state index contributed by atoms with van der Waals surface area (Å²) in [5.74, 6) is -0.173. The van der Waals surface area contributed by atoms with Crippen molar-refractivity contribution in [2.45, 2.75) is 6.54 Å². The SMILES string of the molecule is CN(Cc1ccc(F)cc1)C(=O)CN1CCN(c2nccs2)CC1. The lowest BCUT2D eigenvalue weighted by molar-refractivity contribution is -0.131. The molecule has 2 aromatic rings. The van der Waals surface area contributed by atoms with Gasteiger partial charge in [0, 0.05) is 51.3 Å². The first-order valence-corrected chi connectivity index (χ1v) is 8.85. The normalized spacial score (nSPS) is 15.5. The molecule has 1 aromatic carbocycles. The van der Waals surface area contributed by atoms with Gasteiger partial charge in [-0.25, -0.2) is 9.37 Å². The van der Waals surface area contributed by atoms with E-state index in [2.05, 4.69) is 14.8 Å². The van der Waals surface area contributed by atoms with Crippen LogP contribution in [0.5, 0.6) is 0 Å². The summed E-state index contributed by atoms with van der Waals surface area (Å²) >= 11 is 1.65. The lowest BCUT2D eigenvalue weighted by Crippen LogP contribution is -2.49. The Morgan fingerprint density at radius 1 is 1.25 bits per heavy atom. The van der Waals surface area contributed by atoms with Gasteiger partial charge in [-0.3, -0.25) is 9.69 Å². The van der Waals surface area contributed by atoms with E-state index in [4.69, 9.17) is 0 Å². The van der Waals surface area contributed by atoms with Crippen LogP contribution in [0.2, 0.25) is 0 Å². The number of piperazine rings is 1. The molecular weight excluding hydrogens is 327 g/mol. The van der Waals surface area contributed by atoms with E-state index in [-0.39, 0.29) is 11.7 Å². The molecule has 0 N–H and O–H groups in total. The molecular formula is C17H21FN4OS. The monoisotopic (exact) mass is 348 g/mol. The first kappa shape index (κ1) is 16.9. The van der Waals surface area contributed by atoms with Gasteiger partial charge in [0.05, 0.1) is 6.54 Å². The van der Waals surface area contributed by atoms with Crippen molar-refractivity contribution in [2.75, 3.05) is 44.7 Å². The first-order valence-electron chi connectivity index (χ1n) is 7.97. The van der Waals surface area contributed by atoms with Gasteiger partial charge in [0.15, 0.2) is 5.13 Å². The molecule has 0 unspecified atom stereocenters. The highest BCUT2D eigenvalue weighted by molar-refractivity contribution is 7.13. The molecule has 1 aliphatic rings. The fraction of sp³-hybridized carbons (Fsp3) is 0.412. The number of carbonyl (C=O) groups is 1. The van der Waals surface area contributed by atoms with E-state index >= 15 is 0 Å². The molecule has 0 aliphatic carbocycles. The summed E-state index contributed by atoms with van der Waals surface area (Å²) in [5.41, 5.74) is 0.931.